The smallest absolute Gasteiger partial charge is 0 e. The Kier molecular flexibility index (Phi) is 11.2. The summed E-state index contributed by atoms with van der Waals surface area (Å²) in [4.78, 5) is 9.78. The monoisotopic (exact) mass is 1020 g/mol. The average molecular weight is 1020 g/mol. The molecule has 0 spiro atoms. The van der Waals surface area contributed by atoms with Crippen LogP contribution < -0.4 is 4.40 Å². The van der Waals surface area contributed by atoms with Gasteiger partial charge in [0.2, 0.25) is 0 Å². The first kappa shape index (κ1) is 37.6. The van der Waals surface area contributed by atoms with Gasteiger partial charge in [0, 0.05) is 30.5 Å². The number of fused-ring (bicyclic) bond motifs is 4. The van der Waals surface area contributed by atoms with Crippen LogP contribution in [0.25, 0.3) is 70.7 Å². The molecule has 0 atom stereocenters. The number of para-hydroxylation sites is 2. The first-order valence-corrected chi connectivity index (χ1v) is 27.9. The van der Waals surface area contributed by atoms with Crippen LogP contribution in [0.5, 0.6) is 0 Å². The summed E-state index contributed by atoms with van der Waals surface area (Å²) in [6.07, 6.45) is 1.95. The molecule has 0 N–H and O–H groups in total. The fourth-order valence-electron chi connectivity index (χ4n) is 7.47. The van der Waals surface area contributed by atoms with Crippen molar-refractivity contribution in [3.63, 3.8) is 0 Å². The van der Waals surface area contributed by atoms with Crippen molar-refractivity contribution in [2.24, 2.45) is 0 Å². The maximum absolute atomic E-state index is 7.35. The van der Waals surface area contributed by atoms with Gasteiger partial charge in [0.15, 0.2) is 0 Å². The molecule has 0 aliphatic rings. The van der Waals surface area contributed by atoms with Crippen LogP contribution in [0, 0.1) is 19.0 Å². The Morgan fingerprint density at radius 3 is 2.09 bits per heavy atom. The number of nitrogens with zero attached hydrogens (tertiary/aromatic N) is 3. The molecule has 0 aliphatic carbocycles. The van der Waals surface area contributed by atoms with Gasteiger partial charge in [-0.1, -0.05) is 99.3 Å². The molecule has 3 nitrogen and oxygen atoms in total. The molecule has 3 aromatic heterocycles. The number of thiophene rings is 1. The third-order valence-corrected chi connectivity index (χ3v) is 16.0. The van der Waals surface area contributed by atoms with Crippen molar-refractivity contribution < 1.29 is 24.2 Å². The molecule has 0 saturated carbocycles. The molecule has 0 amide bonds. The number of aromatic nitrogens is 3. The summed E-state index contributed by atoms with van der Waals surface area (Å²) in [6.45, 7) is 7.13. The van der Waals surface area contributed by atoms with Gasteiger partial charge in [-0.3, -0.25) is 4.98 Å². The Balaban J connectivity index is 0.000000226. The minimum atomic E-state index is -2.08. The van der Waals surface area contributed by atoms with E-state index in [0.29, 0.717) is 17.4 Å². The fraction of sp³-hybridized carbons (Fsp3) is 0.192. The van der Waals surface area contributed by atoms with Crippen LogP contribution in [0.3, 0.4) is 0 Å². The second-order valence-electron chi connectivity index (χ2n) is 16.3. The SMILES string of the molecule is CC(C)c1cc(-c2ccccc2)cc(C(C)C)c1-n1c(-c2[c-]ccc3c2sc2ccccc23)nc2ccccc21.[2H]C([2H])([2H])c1c[c-]c(-c2cc[c]([Ge]([CH3])([CH3])[CH3])cn2)cc1.[Ir]. The Bertz CT molecular complexity index is 2860. The molecule has 3 heterocycles. The third-order valence-electron chi connectivity index (χ3n) is 10.6. The predicted octanol–water partition coefficient (Wildman–Crippen LogP) is 14.2. The van der Waals surface area contributed by atoms with E-state index in [0.717, 1.165) is 33.7 Å². The maximum Gasteiger partial charge on any atom is 0 e. The standard InChI is InChI=1S/C37H31N2S.C15H18GeN.Ir/c1-23(2)30-21-26(25-13-6-5-7-14-25)22-31(24(3)4)35(30)39-33-19-10-9-18-32(33)38-37(39)29-17-12-16-28-27-15-8-11-20-34(27)40-36(28)29;1-12-5-7-13(8-6-12)15-10-9-14(11-17-15)16(2,3)4;/h5-16,18-24H,1-4H3;5-7,9-11H,1-4H3;/q2*-1;/i;1D3;. The second-order valence-corrected chi connectivity index (χ2v) is 28.0. The minimum Gasteiger partial charge on any atom is 0 e. The van der Waals surface area contributed by atoms with Crippen LogP contribution in [0.4, 0.5) is 0 Å². The van der Waals surface area contributed by atoms with Crippen molar-refractivity contribution in [2.45, 2.75) is 63.7 Å². The number of hydrogen-bond donors (Lipinski definition) is 0. The number of hydrogen-bond acceptors (Lipinski definition) is 3. The summed E-state index contributed by atoms with van der Waals surface area (Å²) in [5.41, 5.74) is 11.6. The van der Waals surface area contributed by atoms with Crippen molar-refractivity contribution in [3.8, 4) is 39.5 Å². The van der Waals surface area contributed by atoms with E-state index in [1.165, 1.54) is 58.6 Å². The molecule has 293 valence electrons. The number of rotatable bonds is 7. The zero-order chi connectivity index (χ0) is 42.3. The molecule has 0 unspecified atom stereocenters. The third kappa shape index (κ3) is 8.29. The topological polar surface area (TPSA) is 30.7 Å². The minimum absolute atomic E-state index is 0. The molecule has 9 rings (SSSR count). The molecule has 0 bridgehead atoms. The molecule has 58 heavy (non-hydrogen) atoms. The number of pyridine rings is 1. The number of aryl methyl sites for hydroxylation is 1. The van der Waals surface area contributed by atoms with Gasteiger partial charge in [-0.05, 0) is 74.5 Å². The van der Waals surface area contributed by atoms with Crippen LogP contribution >= 0.6 is 11.3 Å². The van der Waals surface area contributed by atoms with Crippen molar-refractivity contribution in [2.75, 3.05) is 0 Å². The summed E-state index contributed by atoms with van der Waals surface area (Å²) in [7, 11) is 0. The van der Waals surface area contributed by atoms with Gasteiger partial charge in [0.05, 0.1) is 16.9 Å². The summed E-state index contributed by atoms with van der Waals surface area (Å²) in [5, 5.41) is 2.55. The van der Waals surface area contributed by atoms with E-state index in [4.69, 9.17) is 9.10 Å². The van der Waals surface area contributed by atoms with Crippen LogP contribution in [-0.4, -0.2) is 27.8 Å². The average Bonchev–Trinajstić information content (AvgIpc) is 3.82. The zero-order valence-electron chi connectivity index (χ0n) is 37.0. The van der Waals surface area contributed by atoms with Gasteiger partial charge >= 0.3 is 110 Å². The Morgan fingerprint density at radius 2 is 1.43 bits per heavy atom. The van der Waals surface area contributed by atoms with Crippen LogP contribution in [-0.2, 0) is 20.1 Å². The van der Waals surface area contributed by atoms with E-state index >= 15 is 0 Å². The molecule has 1 radical (unpaired) electrons. The van der Waals surface area contributed by atoms with E-state index in [2.05, 4.69) is 176 Å². The van der Waals surface area contributed by atoms with Crippen molar-refractivity contribution >= 4 is 60.2 Å². The zero-order valence-corrected chi connectivity index (χ0v) is 39.3. The van der Waals surface area contributed by atoms with Crippen molar-refractivity contribution in [1.82, 2.24) is 14.5 Å². The van der Waals surface area contributed by atoms with Crippen LogP contribution in [0.1, 0.15) is 60.3 Å². The molecule has 9 aromatic rings. The van der Waals surface area contributed by atoms with Gasteiger partial charge in [-0.2, -0.15) is 11.3 Å². The van der Waals surface area contributed by atoms with Crippen molar-refractivity contribution in [3.05, 3.63) is 168 Å². The number of benzene rings is 6. The molecular weight excluding hydrogens is 963 g/mol. The maximum atomic E-state index is 7.35. The van der Waals surface area contributed by atoms with E-state index in [-0.39, 0.29) is 20.1 Å². The quantitative estimate of drug-likeness (QED) is 0.118. The molecule has 6 aromatic carbocycles. The van der Waals surface area contributed by atoms with E-state index in [1.807, 2.05) is 23.6 Å². The van der Waals surface area contributed by atoms with Crippen LogP contribution in [0.2, 0.25) is 17.3 Å². The summed E-state index contributed by atoms with van der Waals surface area (Å²) < 4.78 is 28.3. The Labute approximate surface area is 368 Å². The number of imidazole rings is 1. The molecule has 0 aliphatic heterocycles. The molecule has 0 fully saturated rings. The molecular formula is C52H49GeIrN3S-2. The van der Waals surface area contributed by atoms with Gasteiger partial charge in [0.25, 0.3) is 0 Å². The van der Waals surface area contributed by atoms with E-state index < -0.39 is 20.1 Å². The molecule has 0 saturated heterocycles. The predicted molar refractivity (Wildman–Crippen MR) is 248 cm³/mol. The summed E-state index contributed by atoms with van der Waals surface area (Å²) in [5.74, 6) is 8.59. The van der Waals surface area contributed by atoms with E-state index in [1.54, 1.807) is 12.1 Å². The van der Waals surface area contributed by atoms with Gasteiger partial charge < -0.3 is 4.57 Å². The normalized spacial score (nSPS) is 12.6. The first-order chi connectivity index (χ1) is 28.7. The Hall–Kier alpha value is -4.65. The largest absolute Gasteiger partial charge is 0 e. The summed E-state index contributed by atoms with van der Waals surface area (Å²) >= 11 is 0.00222. The second kappa shape index (κ2) is 17.3. The first-order valence-electron chi connectivity index (χ1n) is 21.2. The van der Waals surface area contributed by atoms with Crippen molar-refractivity contribution in [1.29, 1.82) is 0 Å². The molecule has 6 heteroatoms. The van der Waals surface area contributed by atoms with Gasteiger partial charge in [0.1, 0.15) is 0 Å². The summed E-state index contributed by atoms with van der Waals surface area (Å²) in [6, 6.07) is 52.7. The van der Waals surface area contributed by atoms with E-state index in [9.17, 15) is 0 Å². The van der Waals surface area contributed by atoms with Crippen LogP contribution in [0.15, 0.2) is 140 Å². The van der Waals surface area contributed by atoms with Gasteiger partial charge in [-0.25, -0.2) is 0 Å². The fourth-order valence-corrected chi connectivity index (χ4v) is 10.8. The van der Waals surface area contributed by atoms with Gasteiger partial charge in [-0.15, -0.1) is 18.2 Å². The Morgan fingerprint density at radius 1 is 0.724 bits per heavy atom.